The number of rotatable bonds is 1. The maximum atomic E-state index is 5.95. The molecule has 0 bridgehead atoms. The molecule has 0 fully saturated rings. The van der Waals surface area contributed by atoms with Gasteiger partial charge in [0.05, 0.1) is 20.1 Å². The average Bonchev–Trinajstić information content (AvgIpc) is 2.29. The molecule has 88 valence electrons. The van der Waals surface area contributed by atoms with Crippen LogP contribution in [0, 0.1) is 0 Å². The molecule has 0 aliphatic rings. The third-order valence-electron chi connectivity index (χ3n) is 2.19. The monoisotopic (exact) mass is 306 g/mol. The fourth-order valence-corrected chi connectivity index (χ4v) is 2.09. The second kappa shape index (κ2) is 4.91. The highest BCUT2D eigenvalue weighted by Gasteiger charge is 2.09. The summed E-state index contributed by atoms with van der Waals surface area (Å²) in [7, 11) is 0. The molecule has 0 radical (unpaired) electrons. The van der Waals surface area contributed by atoms with E-state index in [0.29, 0.717) is 20.1 Å². The second-order valence-corrected chi connectivity index (χ2v) is 4.94. The van der Waals surface area contributed by atoms with Crippen molar-refractivity contribution in [2.45, 2.75) is 0 Å². The average molecular weight is 308 g/mol. The van der Waals surface area contributed by atoms with E-state index < -0.39 is 0 Å². The minimum Gasteiger partial charge on any atom is -0.382 e. The van der Waals surface area contributed by atoms with E-state index in [4.69, 9.17) is 52.1 Å². The third kappa shape index (κ3) is 2.61. The maximum absolute atomic E-state index is 5.95. The molecule has 1 heterocycles. The number of aromatic nitrogens is 1. The van der Waals surface area contributed by atoms with E-state index >= 15 is 0 Å². The first kappa shape index (κ1) is 12.8. The molecule has 0 amide bonds. The number of nitrogens with two attached hydrogens (primary N) is 1. The summed E-state index contributed by atoms with van der Waals surface area (Å²) < 4.78 is 0. The quantitative estimate of drug-likeness (QED) is 0.757. The molecule has 1 aromatic carbocycles. The molecule has 0 spiro atoms. The van der Waals surface area contributed by atoms with Gasteiger partial charge in [0.25, 0.3) is 0 Å². The normalized spacial score (nSPS) is 10.6. The van der Waals surface area contributed by atoms with E-state index in [1.807, 2.05) is 0 Å². The Hall–Kier alpha value is -0.670. The fourth-order valence-electron chi connectivity index (χ4n) is 1.33. The first-order valence-corrected chi connectivity index (χ1v) is 6.06. The zero-order valence-corrected chi connectivity index (χ0v) is 11.4. The molecule has 0 aliphatic carbocycles. The molecule has 17 heavy (non-hydrogen) atoms. The number of anilines is 1. The van der Waals surface area contributed by atoms with Gasteiger partial charge < -0.3 is 5.73 Å². The van der Waals surface area contributed by atoms with Crippen LogP contribution >= 0.6 is 46.4 Å². The van der Waals surface area contributed by atoms with Gasteiger partial charge in [-0.2, -0.15) is 0 Å². The van der Waals surface area contributed by atoms with Crippen LogP contribution in [0.2, 0.25) is 20.1 Å². The van der Waals surface area contributed by atoms with Gasteiger partial charge in [-0.1, -0.05) is 46.4 Å². The Balaban J connectivity index is 2.57. The first-order valence-electron chi connectivity index (χ1n) is 4.55. The molecule has 0 atom stereocenters. The van der Waals surface area contributed by atoms with Crippen LogP contribution < -0.4 is 5.73 Å². The summed E-state index contributed by atoms with van der Waals surface area (Å²) in [5, 5.41) is 1.46. The van der Waals surface area contributed by atoms with Crippen LogP contribution in [0.5, 0.6) is 0 Å². The molecule has 6 heteroatoms. The smallest absolute Gasteiger partial charge is 0.142 e. The van der Waals surface area contributed by atoms with Gasteiger partial charge in [-0.25, -0.2) is 4.98 Å². The summed E-state index contributed by atoms with van der Waals surface area (Å²) in [5.41, 5.74) is 7.08. The van der Waals surface area contributed by atoms with Crippen LogP contribution in [-0.2, 0) is 0 Å². The SMILES string of the molecule is Nc1ncc(-c2cc(Cl)c(Cl)c(Cl)c2)cc1Cl. The molecule has 0 aliphatic heterocycles. The van der Waals surface area contributed by atoms with Gasteiger partial charge in [-0.15, -0.1) is 0 Å². The Morgan fingerprint density at radius 1 is 0.824 bits per heavy atom. The lowest BCUT2D eigenvalue weighted by Crippen LogP contribution is -1.91. The Morgan fingerprint density at radius 3 is 1.88 bits per heavy atom. The summed E-state index contributed by atoms with van der Waals surface area (Å²) in [6, 6.07) is 5.08. The van der Waals surface area contributed by atoms with Gasteiger partial charge in [0.2, 0.25) is 0 Å². The van der Waals surface area contributed by atoms with E-state index in [0.717, 1.165) is 11.1 Å². The standard InChI is InChI=1S/C11H6Cl4N2/c12-7-1-5(2-8(13)10(7)15)6-3-9(14)11(16)17-4-6/h1-4H,(H2,16,17). The number of pyridine rings is 1. The minimum absolute atomic E-state index is 0.279. The zero-order valence-electron chi connectivity index (χ0n) is 8.35. The van der Waals surface area contributed by atoms with Crippen molar-refractivity contribution in [2.75, 3.05) is 5.73 Å². The van der Waals surface area contributed by atoms with E-state index in [2.05, 4.69) is 4.98 Å². The van der Waals surface area contributed by atoms with Crippen molar-refractivity contribution in [1.29, 1.82) is 0 Å². The second-order valence-electron chi connectivity index (χ2n) is 3.34. The number of hydrogen-bond donors (Lipinski definition) is 1. The van der Waals surface area contributed by atoms with Crippen molar-refractivity contribution in [3.8, 4) is 11.1 Å². The molecule has 2 rings (SSSR count). The number of nitrogen functional groups attached to an aromatic ring is 1. The van der Waals surface area contributed by atoms with Gasteiger partial charge in [0.1, 0.15) is 5.82 Å². The van der Waals surface area contributed by atoms with Crippen LogP contribution in [0.3, 0.4) is 0 Å². The van der Waals surface area contributed by atoms with Crippen LogP contribution in [0.4, 0.5) is 5.82 Å². The van der Waals surface area contributed by atoms with Crippen LogP contribution in [-0.4, -0.2) is 4.98 Å². The van der Waals surface area contributed by atoms with Gasteiger partial charge in [-0.3, -0.25) is 0 Å². The first-order chi connectivity index (χ1) is 7.99. The lowest BCUT2D eigenvalue weighted by Gasteiger charge is -2.06. The highest BCUT2D eigenvalue weighted by Crippen LogP contribution is 2.35. The predicted octanol–water partition coefficient (Wildman–Crippen LogP) is 4.94. The molecular formula is C11H6Cl4N2. The Morgan fingerprint density at radius 2 is 1.35 bits per heavy atom. The highest BCUT2D eigenvalue weighted by atomic mass is 35.5. The molecule has 1 aromatic heterocycles. The lowest BCUT2D eigenvalue weighted by molar-refractivity contribution is 1.34. The fraction of sp³-hybridized carbons (Fsp3) is 0. The van der Waals surface area contributed by atoms with Crippen molar-refractivity contribution in [1.82, 2.24) is 4.98 Å². The van der Waals surface area contributed by atoms with Crippen molar-refractivity contribution in [3.63, 3.8) is 0 Å². The van der Waals surface area contributed by atoms with E-state index in [-0.39, 0.29) is 5.82 Å². The Bertz CT molecular complexity index is 561. The summed E-state index contributed by atoms with van der Waals surface area (Å²) in [6.07, 6.45) is 1.59. The van der Waals surface area contributed by atoms with Crippen LogP contribution in [0.15, 0.2) is 24.4 Å². The maximum Gasteiger partial charge on any atom is 0.142 e. The van der Waals surface area contributed by atoms with Crippen molar-refractivity contribution < 1.29 is 0 Å². The number of hydrogen-bond acceptors (Lipinski definition) is 2. The van der Waals surface area contributed by atoms with E-state index in [1.54, 1.807) is 24.4 Å². The largest absolute Gasteiger partial charge is 0.382 e. The lowest BCUT2D eigenvalue weighted by atomic mass is 10.1. The van der Waals surface area contributed by atoms with Crippen molar-refractivity contribution in [2.24, 2.45) is 0 Å². The highest BCUT2D eigenvalue weighted by molar-refractivity contribution is 6.48. The van der Waals surface area contributed by atoms with Crippen molar-refractivity contribution in [3.05, 3.63) is 44.5 Å². The summed E-state index contributed by atoms with van der Waals surface area (Å²) in [4.78, 5) is 3.96. The number of halogens is 4. The third-order valence-corrected chi connectivity index (χ3v) is 3.69. The van der Waals surface area contributed by atoms with Crippen LogP contribution in [0.25, 0.3) is 11.1 Å². The zero-order chi connectivity index (χ0) is 12.6. The molecular weight excluding hydrogens is 302 g/mol. The topological polar surface area (TPSA) is 38.9 Å². The van der Waals surface area contributed by atoms with Gasteiger partial charge in [-0.05, 0) is 23.8 Å². The summed E-state index contributed by atoms with van der Waals surface area (Å²) in [6.45, 7) is 0. The molecule has 2 nitrogen and oxygen atoms in total. The van der Waals surface area contributed by atoms with Gasteiger partial charge >= 0.3 is 0 Å². The molecule has 2 aromatic rings. The molecule has 2 N–H and O–H groups in total. The summed E-state index contributed by atoms with van der Waals surface area (Å²) in [5.74, 6) is 0.279. The summed E-state index contributed by atoms with van der Waals surface area (Å²) >= 11 is 23.7. The van der Waals surface area contributed by atoms with Gasteiger partial charge in [0, 0.05) is 11.8 Å². The minimum atomic E-state index is 0.279. The number of nitrogens with zero attached hydrogens (tertiary/aromatic N) is 1. The molecule has 0 unspecified atom stereocenters. The Labute approximate surface area is 118 Å². The van der Waals surface area contributed by atoms with E-state index in [9.17, 15) is 0 Å². The van der Waals surface area contributed by atoms with Crippen molar-refractivity contribution >= 4 is 52.2 Å². The molecule has 0 saturated heterocycles. The predicted molar refractivity (Wildman–Crippen MR) is 74.1 cm³/mol. The molecule has 0 saturated carbocycles. The van der Waals surface area contributed by atoms with Crippen LogP contribution in [0.1, 0.15) is 0 Å². The number of benzene rings is 1. The Kier molecular flexibility index (Phi) is 3.69. The van der Waals surface area contributed by atoms with E-state index in [1.165, 1.54) is 0 Å². The van der Waals surface area contributed by atoms with Gasteiger partial charge in [0.15, 0.2) is 0 Å².